The molecule has 0 bridgehead atoms. The topological polar surface area (TPSA) is 114 Å². The average molecular weight is 493 g/mol. The molecule has 1 aliphatic heterocycles. The Hall–Kier alpha value is -3.57. The number of hydrogen-bond donors (Lipinski definition) is 2. The molecule has 0 aromatic carbocycles. The fourth-order valence-corrected chi connectivity index (χ4v) is 4.45. The van der Waals surface area contributed by atoms with Crippen LogP contribution in [0.3, 0.4) is 0 Å². The van der Waals surface area contributed by atoms with E-state index in [2.05, 4.69) is 15.2 Å². The highest BCUT2D eigenvalue weighted by atomic mass is 19.4. The highest BCUT2D eigenvalue weighted by Gasteiger charge is 2.51. The first-order valence-electron chi connectivity index (χ1n) is 11.3. The standard InChI is InChI=1S/C23H27F3N6O3/c1-30-13-14(23(24,25)26)11-17(19(30)33)29-21(35)31(2)15-5-9-32(10-6-15)16-3-4-18(28-12-16)22(7-8-22)20(27)34/h3-4,11-13,15H,5-10H2,1-2H3,(H2,27,34)(H,29,35). The van der Waals surface area contributed by atoms with Crippen molar-refractivity contribution in [1.82, 2.24) is 14.5 Å². The quantitative estimate of drug-likeness (QED) is 0.666. The maximum absolute atomic E-state index is 13.1. The second kappa shape index (κ2) is 8.90. The summed E-state index contributed by atoms with van der Waals surface area (Å²) in [6, 6.07) is 3.58. The van der Waals surface area contributed by atoms with Gasteiger partial charge in [-0.25, -0.2) is 4.79 Å². The third-order valence-corrected chi connectivity index (χ3v) is 6.91. The number of amides is 3. The molecule has 188 valence electrons. The molecule has 2 fully saturated rings. The summed E-state index contributed by atoms with van der Waals surface area (Å²) in [6.07, 6.45) is 0.433. The van der Waals surface area contributed by atoms with E-state index >= 15 is 0 Å². The van der Waals surface area contributed by atoms with Gasteiger partial charge in [0.15, 0.2) is 0 Å². The summed E-state index contributed by atoms with van der Waals surface area (Å²) < 4.78 is 40.1. The second-order valence-electron chi connectivity index (χ2n) is 9.16. The molecule has 2 aromatic heterocycles. The van der Waals surface area contributed by atoms with Crippen molar-refractivity contribution in [3.05, 3.63) is 52.2 Å². The van der Waals surface area contributed by atoms with Crippen LogP contribution >= 0.6 is 0 Å². The van der Waals surface area contributed by atoms with Crippen molar-refractivity contribution >= 4 is 23.3 Å². The number of halogens is 3. The van der Waals surface area contributed by atoms with Crippen LogP contribution in [0, 0.1) is 0 Å². The number of nitrogens with two attached hydrogens (primary N) is 1. The fraction of sp³-hybridized carbons (Fsp3) is 0.478. The van der Waals surface area contributed by atoms with Crippen LogP contribution in [0.15, 0.2) is 35.4 Å². The molecule has 2 aliphatic rings. The number of hydrogen-bond acceptors (Lipinski definition) is 5. The van der Waals surface area contributed by atoms with Gasteiger partial charge >= 0.3 is 12.2 Å². The lowest BCUT2D eigenvalue weighted by Gasteiger charge is -2.37. The number of piperidine rings is 1. The van der Waals surface area contributed by atoms with Gasteiger partial charge in [-0.3, -0.25) is 14.6 Å². The van der Waals surface area contributed by atoms with Gasteiger partial charge in [0.25, 0.3) is 5.56 Å². The molecule has 2 aromatic rings. The summed E-state index contributed by atoms with van der Waals surface area (Å²) in [5, 5.41) is 2.33. The molecule has 3 N–H and O–H groups in total. The molecule has 1 saturated heterocycles. The molecule has 0 spiro atoms. The molecular formula is C23H27F3N6O3. The van der Waals surface area contributed by atoms with Crippen molar-refractivity contribution in [2.45, 2.75) is 43.3 Å². The number of carbonyl (C=O) groups is 2. The SMILES string of the molecule is CN(C(=O)Nc1cc(C(F)(F)F)cn(C)c1=O)C1CCN(c2ccc(C3(C(N)=O)CC3)nc2)CC1. The minimum Gasteiger partial charge on any atom is -0.370 e. The summed E-state index contributed by atoms with van der Waals surface area (Å²) in [5.74, 6) is -0.358. The number of pyridine rings is 2. The number of anilines is 2. The minimum absolute atomic E-state index is 0.155. The van der Waals surface area contributed by atoms with Crippen LogP contribution in [0.4, 0.5) is 29.3 Å². The van der Waals surface area contributed by atoms with Crippen molar-refractivity contribution in [2.75, 3.05) is 30.4 Å². The largest absolute Gasteiger partial charge is 0.417 e. The van der Waals surface area contributed by atoms with Crippen LogP contribution in [-0.2, 0) is 23.4 Å². The molecule has 0 unspecified atom stereocenters. The lowest BCUT2D eigenvalue weighted by molar-refractivity contribution is -0.138. The van der Waals surface area contributed by atoms with Crippen LogP contribution < -0.4 is 21.5 Å². The number of aromatic nitrogens is 2. The van der Waals surface area contributed by atoms with Crippen LogP contribution in [0.1, 0.15) is 36.9 Å². The van der Waals surface area contributed by atoms with Gasteiger partial charge in [-0.15, -0.1) is 0 Å². The number of alkyl halides is 3. The number of rotatable bonds is 5. The van der Waals surface area contributed by atoms with E-state index in [0.29, 0.717) is 56.7 Å². The normalized spacial score (nSPS) is 17.7. The Morgan fingerprint density at radius 3 is 2.40 bits per heavy atom. The van der Waals surface area contributed by atoms with Gasteiger partial charge in [0.2, 0.25) is 5.91 Å². The van der Waals surface area contributed by atoms with E-state index in [4.69, 9.17) is 5.73 Å². The number of carbonyl (C=O) groups excluding carboxylic acids is 2. The van der Waals surface area contributed by atoms with Gasteiger partial charge in [-0.05, 0) is 43.9 Å². The van der Waals surface area contributed by atoms with E-state index in [1.165, 1.54) is 11.9 Å². The van der Waals surface area contributed by atoms with Crippen LogP contribution in [0.5, 0.6) is 0 Å². The summed E-state index contributed by atoms with van der Waals surface area (Å²) in [6.45, 7) is 1.27. The average Bonchev–Trinajstić information content (AvgIpc) is 3.63. The highest BCUT2D eigenvalue weighted by molar-refractivity contribution is 5.90. The fourth-order valence-electron chi connectivity index (χ4n) is 4.45. The number of nitrogens with one attached hydrogen (secondary N) is 1. The Bertz CT molecular complexity index is 1180. The first-order chi connectivity index (χ1) is 16.4. The zero-order valence-electron chi connectivity index (χ0n) is 19.4. The zero-order chi connectivity index (χ0) is 25.5. The second-order valence-corrected chi connectivity index (χ2v) is 9.16. The third-order valence-electron chi connectivity index (χ3n) is 6.91. The number of nitrogens with zero attached hydrogens (tertiary/aromatic N) is 4. The summed E-state index contributed by atoms with van der Waals surface area (Å²) in [5.41, 5.74) is 4.28. The predicted octanol–water partition coefficient (Wildman–Crippen LogP) is 2.45. The lowest BCUT2D eigenvalue weighted by Crippen LogP contribution is -2.47. The first-order valence-corrected chi connectivity index (χ1v) is 11.3. The lowest BCUT2D eigenvalue weighted by atomic mass is 10.0. The van der Waals surface area contributed by atoms with Crippen molar-refractivity contribution in [3.63, 3.8) is 0 Å². The van der Waals surface area contributed by atoms with Crippen molar-refractivity contribution in [1.29, 1.82) is 0 Å². The van der Waals surface area contributed by atoms with E-state index in [1.54, 1.807) is 13.2 Å². The van der Waals surface area contributed by atoms with E-state index in [-0.39, 0.29) is 11.9 Å². The molecule has 3 heterocycles. The summed E-state index contributed by atoms with van der Waals surface area (Å²) in [4.78, 5) is 44.6. The Balaban J connectivity index is 1.37. The molecule has 3 amide bonds. The van der Waals surface area contributed by atoms with E-state index in [9.17, 15) is 27.6 Å². The molecule has 1 aliphatic carbocycles. The Labute approximate surface area is 199 Å². The van der Waals surface area contributed by atoms with Gasteiger partial charge in [-0.2, -0.15) is 13.2 Å². The molecule has 1 saturated carbocycles. The molecule has 0 atom stereocenters. The van der Waals surface area contributed by atoms with Gasteiger partial charge < -0.3 is 25.4 Å². The monoisotopic (exact) mass is 492 g/mol. The van der Waals surface area contributed by atoms with Crippen LogP contribution in [-0.4, -0.2) is 52.6 Å². The maximum atomic E-state index is 13.1. The van der Waals surface area contributed by atoms with Crippen molar-refractivity contribution < 1.29 is 22.8 Å². The zero-order valence-corrected chi connectivity index (χ0v) is 19.4. The van der Waals surface area contributed by atoms with Crippen molar-refractivity contribution in [2.24, 2.45) is 12.8 Å². The predicted molar refractivity (Wildman–Crippen MR) is 123 cm³/mol. The van der Waals surface area contributed by atoms with Gasteiger partial charge in [0.05, 0.1) is 28.6 Å². The van der Waals surface area contributed by atoms with Crippen LogP contribution in [0.25, 0.3) is 0 Å². The Morgan fingerprint density at radius 1 is 1.23 bits per heavy atom. The molecule has 4 rings (SSSR count). The molecule has 35 heavy (non-hydrogen) atoms. The molecule has 9 nitrogen and oxygen atoms in total. The highest BCUT2D eigenvalue weighted by Crippen LogP contribution is 2.47. The number of urea groups is 1. The van der Waals surface area contributed by atoms with E-state index in [1.807, 2.05) is 12.1 Å². The summed E-state index contributed by atoms with van der Waals surface area (Å²) in [7, 11) is 2.76. The third kappa shape index (κ3) is 4.82. The minimum atomic E-state index is -4.64. The Morgan fingerprint density at radius 2 is 1.89 bits per heavy atom. The van der Waals surface area contributed by atoms with Gasteiger partial charge in [0.1, 0.15) is 5.69 Å². The van der Waals surface area contributed by atoms with Crippen molar-refractivity contribution in [3.8, 4) is 0 Å². The summed E-state index contributed by atoms with van der Waals surface area (Å²) >= 11 is 0. The van der Waals surface area contributed by atoms with E-state index in [0.717, 1.165) is 10.3 Å². The smallest absolute Gasteiger partial charge is 0.370 e. The molecule has 0 radical (unpaired) electrons. The van der Waals surface area contributed by atoms with Gasteiger partial charge in [-0.1, -0.05) is 0 Å². The molecule has 12 heteroatoms. The molecular weight excluding hydrogens is 465 g/mol. The van der Waals surface area contributed by atoms with Gasteiger partial charge in [0, 0.05) is 39.4 Å². The number of aryl methyl sites for hydroxylation is 1. The van der Waals surface area contributed by atoms with E-state index < -0.39 is 34.4 Å². The van der Waals surface area contributed by atoms with Crippen LogP contribution in [0.2, 0.25) is 0 Å². The first kappa shape index (κ1) is 24.6. The Kier molecular flexibility index (Phi) is 6.24. The number of primary amides is 1. The maximum Gasteiger partial charge on any atom is 0.417 e.